The summed E-state index contributed by atoms with van der Waals surface area (Å²) in [6, 6.07) is 12.0. The largest absolute Gasteiger partial charge is 0.383 e. The van der Waals surface area contributed by atoms with Crippen LogP contribution in [0.1, 0.15) is 12.5 Å². The van der Waals surface area contributed by atoms with Crippen LogP contribution in [0.4, 0.5) is 5.82 Å². The summed E-state index contributed by atoms with van der Waals surface area (Å²) in [5.41, 5.74) is 8.78. The lowest BCUT2D eigenvalue weighted by molar-refractivity contribution is 1.23. The molecule has 0 unspecified atom stereocenters. The van der Waals surface area contributed by atoms with Crippen LogP contribution in [0.2, 0.25) is 0 Å². The smallest absolute Gasteiger partial charge is 0.174 e. The van der Waals surface area contributed by atoms with Crippen molar-refractivity contribution in [2.45, 2.75) is 11.3 Å². The van der Waals surface area contributed by atoms with Crippen molar-refractivity contribution in [2.75, 3.05) is 11.5 Å². The molecular formula is C15H12N4S2. The van der Waals surface area contributed by atoms with Gasteiger partial charge in [0.25, 0.3) is 0 Å². The van der Waals surface area contributed by atoms with Crippen LogP contribution in [0.3, 0.4) is 0 Å². The van der Waals surface area contributed by atoms with Gasteiger partial charge in [-0.2, -0.15) is 5.26 Å². The molecule has 3 rings (SSSR count). The molecule has 4 nitrogen and oxygen atoms in total. The molecule has 1 aromatic carbocycles. The van der Waals surface area contributed by atoms with Gasteiger partial charge < -0.3 is 5.73 Å². The van der Waals surface area contributed by atoms with Crippen molar-refractivity contribution < 1.29 is 0 Å². The molecule has 0 saturated heterocycles. The van der Waals surface area contributed by atoms with Gasteiger partial charge in [-0.05, 0) is 11.3 Å². The van der Waals surface area contributed by atoms with Crippen LogP contribution in [-0.2, 0) is 0 Å². The fraction of sp³-hybridized carbons (Fsp3) is 0.133. The summed E-state index contributed by atoms with van der Waals surface area (Å²) in [6.07, 6.45) is 0. The SMILES string of the molecule is CCSc1nc2nc(N)c(C#N)c(-c3ccccc3)c2s1. The van der Waals surface area contributed by atoms with Crippen LogP contribution >= 0.6 is 23.1 Å². The van der Waals surface area contributed by atoms with Gasteiger partial charge in [-0.3, -0.25) is 0 Å². The second kappa shape index (κ2) is 5.72. The highest BCUT2D eigenvalue weighted by atomic mass is 32.2. The number of hydrogen-bond acceptors (Lipinski definition) is 6. The standard InChI is InChI=1S/C15H12N4S2/c1-2-20-15-19-14-12(21-15)11(9-6-4-3-5-7-9)10(8-16)13(17)18-14/h3-7H,2H2,1H3,(H2,17,18). The summed E-state index contributed by atoms with van der Waals surface area (Å²) in [5.74, 6) is 1.18. The van der Waals surface area contributed by atoms with E-state index >= 15 is 0 Å². The van der Waals surface area contributed by atoms with Gasteiger partial charge in [0.05, 0.1) is 4.70 Å². The topological polar surface area (TPSA) is 75.6 Å². The molecule has 0 fully saturated rings. The number of nitrogens with two attached hydrogens (primary N) is 1. The Morgan fingerprint density at radius 1 is 1.29 bits per heavy atom. The van der Waals surface area contributed by atoms with Crippen LogP contribution < -0.4 is 5.73 Å². The molecule has 0 atom stereocenters. The second-order valence-corrected chi connectivity index (χ2v) is 6.80. The minimum absolute atomic E-state index is 0.238. The Morgan fingerprint density at radius 3 is 2.71 bits per heavy atom. The first-order valence-corrected chi connectivity index (χ1v) is 8.23. The molecule has 0 spiro atoms. The van der Waals surface area contributed by atoms with E-state index in [9.17, 15) is 5.26 Å². The van der Waals surface area contributed by atoms with Gasteiger partial charge in [0.1, 0.15) is 17.5 Å². The molecule has 3 aromatic rings. The maximum Gasteiger partial charge on any atom is 0.174 e. The predicted molar refractivity (Wildman–Crippen MR) is 88.4 cm³/mol. The molecular weight excluding hydrogens is 300 g/mol. The van der Waals surface area contributed by atoms with Crippen molar-refractivity contribution in [1.29, 1.82) is 5.26 Å². The Balaban J connectivity index is 2.36. The lowest BCUT2D eigenvalue weighted by Gasteiger charge is -2.07. The number of aromatic nitrogens is 2. The van der Waals surface area contributed by atoms with Gasteiger partial charge in [0.2, 0.25) is 0 Å². The third-order valence-corrected chi connectivity index (χ3v) is 5.08. The van der Waals surface area contributed by atoms with Crippen molar-refractivity contribution in [3.63, 3.8) is 0 Å². The number of hydrogen-bond donors (Lipinski definition) is 1. The minimum Gasteiger partial charge on any atom is -0.383 e. The van der Waals surface area contributed by atoms with E-state index in [0.29, 0.717) is 11.2 Å². The Kier molecular flexibility index (Phi) is 3.78. The van der Waals surface area contributed by atoms with Crippen molar-refractivity contribution in [3.05, 3.63) is 35.9 Å². The molecule has 104 valence electrons. The number of pyridine rings is 1. The maximum atomic E-state index is 9.44. The fourth-order valence-corrected chi connectivity index (χ4v) is 4.17. The van der Waals surface area contributed by atoms with Crippen LogP contribution in [0.15, 0.2) is 34.7 Å². The van der Waals surface area contributed by atoms with E-state index in [1.54, 1.807) is 23.1 Å². The number of benzene rings is 1. The zero-order valence-electron chi connectivity index (χ0n) is 11.3. The van der Waals surface area contributed by atoms with Gasteiger partial charge in [-0.1, -0.05) is 49.0 Å². The Hall–Kier alpha value is -2.10. The number of nitrogen functional groups attached to an aromatic ring is 1. The Bertz CT molecular complexity index is 834. The van der Waals surface area contributed by atoms with E-state index in [2.05, 4.69) is 23.0 Å². The Labute approximate surface area is 130 Å². The zero-order chi connectivity index (χ0) is 14.8. The van der Waals surface area contributed by atoms with Gasteiger partial charge in [-0.15, -0.1) is 11.3 Å². The van der Waals surface area contributed by atoms with Gasteiger partial charge in [0, 0.05) is 5.56 Å². The number of thioether (sulfide) groups is 1. The Morgan fingerprint density at radius 2 is 2.05 bits per heavy atom. The summed E-state index contributed by atoms with van der Waals surface area (Å²) in [4.78, 5) is 8.78. The highest BCUT2D eigenvalue weighted by Crippen LogP contribution is 2.39. The van der Waals surface area contributed by atoms with E-state index in [1.165, 1.54) is 0 Å². The number of anilines is 1. The van der Waals surface area contributed by atoms with Crippen LogP contribution in [-0.4, -0.2) is 15.7 Å². The number of fused-ring (bicyclic) bond motifs is 1. The van der Waals surface area contributed by atoms with E-state index in [4.69, 9.17) is 5.73 Å². The molecule has 6 heteroatoms. The van der Waals surface area contributed by atoms with Crippen LogP contribution in [0.5, 0.6) is 0 Å². The molecule has 0 aliphatic heterocycles. The van der Waals surface area contributed by atoms with E-state index in [1.807, 2.05) is 30.3 Å². The number of nitrogens with zero attached hydrogens (tertiary/aromatic N) is 3. The highest BCUT2D eigenvalue weighted by Gasteiger charge is 2.18. The third kappa shape index (κ3) is 2.46. The first-order valence-electron chi connectivity index (χ1n) is 6.43. The lowest BCUT2D eigenvalue weighted by Crippen LogP contribution is -1.98. The van der Waals surface area contributed by atoms with E-state index < -0.39 is 0 Å². The minimum atomic E-state index is 0.238. The zero-order valence-corrected chi connectivity index (χ0v) is 13.0. The molecule has 2 N–H and O–H groups in total. The third-order valence-electron chi connectivity index (χ3n) is 2.99. The first-order chi connectivity index (χ1) is 10.2. The van der Waals surface area contributed by atoms with E-state index in [-0.39, 0.29) is 5.82 Å². The van der Waals surface area contributed by atoms with Gasteiger partial charge in [-0.25, -0.2) is 9.97 Å². The average Bonchev–Trinajstić information content (AvgIpc) is 2.89. The summed E-state index contributed by atoms with van der Waals surface area (Å²) < 4.78 is 1.87. The molecule has 0 aliphatic carbocycles. The van der Waals surface area contributed by atoms with Gasteiger partial charge >= 0.3 is 0 Å². The van der Waals surface area contributed by atoms with Crippen molar-refractivity contribution in [1.82, 2.24) is 9.97 Å². The monoisotopic (exact) mass is 312 g/mol. The summed E-state index contributed by atoms with van der Waals surface area (Å²) in [7, 11) is 0. The fourth-order valence-electron chi connectivity index (χ4n) is 2.12. The quantitative estimate of drug-likeness (QED) is 0.742. The molecule has 0 saturated carbocycles. The molecule has 21 heavy (non-hydrogen) atoms. The van der Waals surface area contributed by atoms with Crippen LogP contribution in [0.25, 0.3) is 21.5 Å². The lowest BCUT2D eigenvalue weighted by atomic mass is 10.0. The number of rotatable bonds is 3. The van der Waals surface area contributed by atoms with E-state index in [0.717, 1.165) is 25.9 Å². The average molecular weight is 312 g/mol. The maximum absolute atomic E-state index is 9.44. The molecule has 0 aliphatic rings. The second-order valence-electron chi connectivity index (χ2n) is 4.29. The number of nitriles is 1. The molecule has 0 radical (unpaired) electrons. The van der Waals surface area contributed by atoms with Crippen molar-refractivity contribution in [2.24, 2.45) is 0 Å². The summed E-state index contributed by atoms with van der Waals surface area (Å²) >= 11 is 3.23. The first kappa shape index (κ1) is 13.9. The van der Waals surface area contributed by atoms with Crippen LogP contribution in [0, 0.1) is 11.3 Å². The number of thiazole rings is 1. The molecule has 0 amide bonds. The van der Waals surface area contributed by atoms with Crippen molar-refractivity contribution in [3.8, 4) is 17.2 Å². The van der Waals surface area contributed by atoms with Crippen molar-refractivity contribution >= 4 is 39.3 Å². The molecule has 2 heterocycles. The predicted octanol–water partition coefficient (Wildman–Crippen LogP) is 3.92. The summed E-state index contributed by atoms with van der Waals surface area (Å²) in [6.45, 7) is 2.08. The summed E-state index contributed by atoms with van der Waals surface area (Å²) in [5, 5.41) is 9.44. The molecule has 2 aromatic heterocycles. The normalized spacial score (nSPS) is 10.7. The molecule has 0 bridgehead atoms. The van der Waals surface area contributed by atoms with Gasteiger partial charge in [0.15, 0.2) is 9.99 Å². The highest BCUT2D eigenvalue weighted by molar-refractivity contribution is 8.01.